The van der Waals surface area contributed by atoms with Crippen molar-refractivity contribution < 1.29 is 48.7 Å². The van der Waals surface area contributed by atoms with Crippen molar-refractivity contribution >= 4 is 35.7 Å². The van der Waals surface area contributed by atoms with Gasteiger partial charge in [0.1, 0.15) is 0 Å². The minimum absolute atomic E-state index is 0.0571. The number of hydroxylamine groups is 4. The number of aliphatic carboxylic acids is 2. The predicted octanol–water partition coefficient (Wildman–Crippen LogP) is 0.991. The van der Waals surface area contributed by atoms with E-state index in [4.69, 9.17) is 9.68 Å². The minimum Gasteiger partial charge on any atom is -0.480 e. The second kappa shape index (κ2) is 15.9. The quantitative estimate of drug-likeness (QED) is 0.190. The van der Waals surface area contributed by atoms with Gasteiger partial charge in [-0.15, -0.1) is 10.1 Å². The average Bonchev–Trinajstić information content (AvgIpc) is 2.84. The Bertz CT molecular complexity index is 1090. The Balaban J connectivity index is 2.10. The molecule has 0 unspecified atom stereocenters. The zero-order chi connectivity index (χ0) is 36.8. The summed E-state index contributed by atoms with van der Waals surface area (Å²) in [4.78, 5) is 87.3. The summed E-state index contributed by atoms with van der Waals surface area (Å²) >= 11 is 0. The number of nitrogens with one attached hydrogen (secondary N) is 2. The van der Waals surface area contributed by atoms with Gasteiger partial charge in [0, 0.05) is 39.0 Å². The predicted molar refractivity (Wildman–Crippen MR) is 174 cm³/mol. The van der Waals surface area contributed by atoms with E-state index in [-0.39, 0.29) is 37.0 Å². The van der Waals surface area contributed by atoms with Gasteiger partial charge in [0.15, 0.2) is 0 Å². The number of amides is 2. The topological polar surface area (TPSA) is 198 Å². The molecule has 0 saturated carbocycles. The highest BCUT2D eigenvalue weighted by atomic mass is 16.7. The van der Waals surface area contributed by atoms with E-state index in [0.717, 1.165) is 0 Å². The van der Waals surface area contributed by atoms with Crippen LogP contribution in [-0.4, -0.2) is 139 Å². The maximum Gasteiger partial charge on any atom is 0.339 e. The molecular formula is C32H56N6O10. The van der Waals surface area contributed by atoms with Crippen LogP contribution in [0, 0.1) is 0 Å². The zero-order valence-electron chi connectivity index (χ0n) is 30.2. The third-order valence-corrected chi connectivity index (χ3v) is 8.54. The number of rotatable bonds is 15. The monoisotopic (exact) mass is 684 g/mol. The van der Waals surface area contributed by atoms with E-state index in [0.29, 0.717) is 25.7 Å². The Labute approximate surface area is 283 Å². The molecule has 0 radical (unpaired) electrons. The Morgan fingerprint density at radius 3 is 1.08 bits per heavy atom. The maximum atomic E-state index is 13.2. The van der Waals surface area contributed by atoms with E-state index in [1.807, 2.05) is 55.4 Å². The number of carbonyl (C=O) groups excluding carboxylic acids is 4. The molecule has 2 saturated heterocycles. The lowest BCUT2D eigenvalue weighted by Gasteiger charge is -2.53. The third kappa shape index (κ3) is 12.3. The van der Waals surface area contributed by atoms with Crippen LogP contribution in [0.4, 0.5) is 0 Å². The van der Waals surface area contributed by atoms with Crippen LogP contribution in [0.2, 0.25) is 0 Å². The highest BCUT2D eigenvalue weighted by Crippen LogP contribution is 2.40. The number of hydrogen-bond donors (Lipinski definition) is 4. The minimum atomic E-state index is -1.20. The van der Waals surface area contributed by atoms with E-state index in [9.17, 15) is 39.0 Å². The van der Waals surface area contributed by atoms with Gasteiger partial charge >= 0.3 is 23.9 Å². The molecule has 0 aromatic carbocycles. The Morgan fingerprint density at radius 2 is 0.854 bits per heavy atom. The third-order valence-electron chi connectivity index (χ3n) is 8.54. The first-order chi connectivity index (χ1) is 21.8. The van der Waals surface area contributed by atoms with Crippen molar-refractivity contribution in [1.82, 2.24) is 30.6 Å². The second-order valence-electron chi connectivity index (χ2n) is 15.6. The van der Waals surface area contributed by atoms with Crippen LogP contribution >= 0.6 is 0 Å². The van der Waals surface area contributed by atoms with Crippen molar-refractivity contribution in [3.8, 4) is 0 Å². The summed E-state index contributed by atoms with van der Waals surface area (Å²) in [6.07, 6.45) is 2.07. The van der Waals surface area contributed by atoms with Gasteiger partial charge in [0.25, 0.3) is 0 Å². The molecule has 2 aliphatic rings. The first-order valence-corrected chi connectivity index (χ1v) is 16.3. The molecule has 0 spiro atoms. The lowest BCUT2D eigenvalue weighted by molar-refractivity contribution is -0.269. The molecule has 48 heavy (non-hydrogen) atoms. The van der Waals surface area contributed by atoms with Crippen LogP contribution in [-0.2, 0) is 38.4 Å². The number of carboxylic acid groups (broad SMARTS) is 2. The van der Waals surface area contributed by atoms with Crippen molar-refractivity contribution in [3.05, 3.63) is 0 Å². The van der Waals surface area contributed by atoms with Gasteiger partial charge in [-0.3, -0.25) is 29.0 Å². The van der Waals surface area contributed by atoms with E-state index in [1.165, 1.54) is 23.6 Å². The lowest BCUT2D eigenvalue weighted by atomic mass is 9.79. The lowest BCUT2D eigenvalue weighted by Crippen LogP contribution is -2.64. The van der Waals surface area contributed by atoms with Gasteiger partial charge in [-0.1, -0.05) is 0 Å². The summed E-state index contributed by atoms with van der Waals surface area (Å²) in [5.41, 5.74) is -2.60. The van der Waals surface area contributed by atoms with Crippen molar-refractivity contribution in [1.29, 1.82) is 0 Å². The Hall–Kier alpha value is -3.34. The molecule has 2 heterocycles. The van der Waals surface area contributed by atoms with E-state index < -0.39 is 72.2 Å². The molecule has 2 amide bonds. The van der Waals surface area contributed by atoms with Gasteiger partial charge in [0.2, 0.25) is 11.8 Å². The number of carbonyl (C=O) groups is 6. The van der Waals surface area contributed by atoms with Gasteiger partial charge in [0.05, 0.1) is 48.3 Å². The summed E-state index contributed by atoms with van der Waals surface area (Å²) in [5.74, 6) is -4.10. The average molecular weight is 685 g/mol. The molecular weight excluding hydrogens is 628 g/mol. The fraction of sp³-hybridized carbons (Fsp3) is 0.812. The fourth-order valence-corrected chi connectivity index (χ4v) is 7.52. The van der Waals surface area contributed by atoms with Crippen LogP contribution in [0.1, 0.15) is 94.9 Å². The standard InChI is InChI=1S/C32H56N6O10/c1-21(39)33-23-13-29(3,4)37(30(5,6)14-23)47-27(45)19-35(17-25(41)42)11-12-36(18-26(43)44)20-28(46)48-38-31(7,8)15-24(34-22(2)40)16-32(38,9)10/h23-24H,11-20H2,1-10H3,(H,33,39)(H,34,40)(H,41,42)(H,43,44). The van der Waals surface area contributed by atoms with Gasteiger partial charge < -0.3 is 30.5 Å². The molecule has 2 aliphatic heterocycles. The van der Waals surface area contributed by atoms with Crippen molar-refractivity contribution in [2.75, 3.05) is 39.3 Å². The van der Waals surface area contributed by atoms with Crippen LogP contribution < -0.4 is 10.6 Å². The van der Waals surface area contributed by atoms with Crippen LogP contribution in [0.3, 0.4) is 0 Å². The van der Waals surface area contributed by atoms with E-state index in [1.54, 1.807) is 10.1 Å². The molecule has 0 aromatic rings. The summed E-state index contributed by atoms with van der Waals surface area (Å²) in [5, 5.41) is 28.1. The van der Waals surface area contributed by atoms with Gasteiger partial charge in [-0.2, -0.15) is 0 Å². The van der Waals surface area contributed by atoms with Crippen molar-refractivity contribution in [2.24, 2.45) is 0 Å². The molecule has 16 heteroatoms. The molecule has 0 aliphatic carbocycles. The summed E-state index contributed by atoms with van der Waals surface area (Å²) in [6, 6.07) is -0.240. The molecule has 2 rings (SSSR count). The van der Waals surface area contributed by atoms with E-state index >= 15 is 0 Å². The first-order valence-electron chi connectivity index (χ1n) is 16.3. The summed E-state index contributed by atoms with van der Waals surface area (Å²) in [7, 11) is 0. The largest absolute Gasteiger partial charge is 0.480 e. The summed E-state index contributed by atoms with van der Waals surface area (Å²) in [6.45, 7) is 16.1. The number of hydrogen-bond acceptors (Lipinski definition) is 12. The highest BCUT2D eigenvalue weighted by Gasteiger charge is 2.49. The van der Waals surface area contributed by atoms with Gasteiger partial charge in [-0.25, -0.2) is 9.59 Å². The molecule has 0 atom stereocenters. The molecule has 2 fully saturated rings. The fourth-order valence-electron chi connectivity index (χ4n) is 7.52. The Morgan fingerprint density at radius 1 is 0.583 bits per heavy atom. The van der Waals surface area contributed by atoms with Gasteiger partial charge in [-0.05, 0) is 81.1 Å². The smallest absolute Gasteiger partial charge is 0.339 e. The van der Waals surface area contributed by atoms with Crippen LogP contribution in [0.15, 0.2) is 0 Å². The maximum absolute atomic E-state index is 13.2. The summed E-state index contributed by atoms with van der Waals surface area (Å²) < 4.78 is 0. The van der Waals surface area contributed by atoms with E-state index in [2.05, 4.69) is 10.6 Å². The second-order valence-corrected chi connectivity index (χ2v) is 15.6. The molecule has 0 bridgehead atoms. The molecule has 4 N–H and O–H groups in total. The molecule has 274 valence electrons. The first kappa shape index (κ1) is 40.8. The number of nitrogens with zero attached hydrogens (tertiary/aromatic N) is 4. The molecule has 0 aromatic heterocycles. The van der Waals surface area contributed by atoms with Crippen molar-refractivity contribution in [3.63, 3.8) is 0 Å². The molecule has 16 nitrogen and oxygen atoms in total. The van der Waals surface area contributed by atoms with Crippen LogP contribution in [0.5, 0.6) is 0 Å². The van der Waals surface area contributed by atoms with Crippen molar-refractivity contribution in [2.45, 2.75) is 129 Å². The highest BCUT2D eigenvalue weighted by molar-refractivity contribution is 5.75. The number of piperidine rings is 2. The Kier molecular flexibility index (Phi) is 13.5. The SMILES string of the molecule is CC(=O)NC1CC(C)(C)N(OC(=O)CN(CCN(CC(=O)O)CC(=O)ON2C(C)(C)CC(NC(C)=O)CC2(C)C)CC(=O)O)C(C)(C)C1. The van der Waals surface area contributed by atoms with Crippen LogP contribution in [0.25, 0.3) is 0 Å². The normalized spacial score (nSPS) is 21.0. The number of carboxylic acids is 2. The zero-order valence-corrected chi connectivity index (χ0v) is 30.2.